The van der Waals surface area contributed by atoms with Crippen LogP contribution in [-0.4, -0.2) is 90.8 Å². The lowest BCUT2D eigenvalue weighted by molar-refractivity contribution is -0.000669. The van der Waals surface area contributed by atoms with E-state index in [1.54, 1.807) is 7.05 Å². The number of rotatable bonds is 11. The van der Waals surface area contributed by atoms with Gasteiger partial charge in [-0.3, -0.25) is 0 Å². The molecule has 206 valence electrons. The molecule has 1 aliphatic rings. The van der Waals surface area contributed by atoms with Crippen molar-refractivity contribution in [1.82, 2.24) is 25.3 Å². The molecule has 1 unspecified atom stereocenters. The summed E-state index contributed by atoms with van der Waals surface area (Å²) in [6.07, 6.45) is 1.29. The molecule has 1 aromatic carbocycles. The molecule has 38 heavy (non-hydrogen) atoms. The molecule has 3 heterocycles. The molecule has 1 atom stereocenters. The van der Waals surface area contributed by atoms with Crippen LogP contribution in [0.4, 0.5) is 5.82 Å². The maximum absolute atomic E-state index is 10.0. The number of benzene rings is 1. The SMILES string of the molecule is CNCC(O)COc1cccc(-c2nc(NCC3(N(C)C)CCOCC3)c(C)c(-c3c(C)noc3C)n2)c1. The van der Waals surface area contributed by atoms with Crippen LogP contribution in [0.5, 0.6) is 5.75 Å². The van der Waals surface area contributed by atoms with E-state index >= 15 is 0 Å². The number of anilines is 1. The van der Waals surface area contributed by atoms with Gasteiger partial charge in [0.05, 0.1) is 17.0 Å². The van der Waals surface area contributed by atoms with Gasteiger partial charge in [0.15, 0.2) is 5.82 Å². The van der Waals surface area contributed by atoms with Crippen LogP contribution in [0.25, 0.3) is 22.6 Å². The van der Waals surface area contributed by atoms with E-state index in [9.17, 15) is 5.11 Å². The first kappa shape index (κ1) is 28.0. The van der Waals surface area contributed by atoms with Crippen molar-refractivity contribution in [2.45, 2.75) is 45.3 Å². The molecule has 10 heteroatoms. The summed E-state index contributed by atoms with van der Waals surface area (Å²) in [5, 5.41) is 20.8. The molecule has 4 rings (SSSR count). The molecule has 0 saturated carbocycles. The zero-order chi connectivity index (χ0) is 27.3. The Kier molecular flexibility index (Phi) is 8.99. The number of ether oxygens (including phenoxy) is 2. The minimum Gasteiger partial charge on any atom is -0.491 e. The van der Waals surface area contributed by atoms with E-state index in [1.165, 1.54) is 0 Å². The number of nitrogens with one attached hydrogen (secondary N) is 2. The molecule has 10 nitrogen and oxygen atoms in total. The molecule has 0 amide bonds. The smallest absolute Gasteiger partial charge is 0.162 e. The second-order valence-electron chi connectivity index (χ2n) is 10.2. The van der Waals surface area contributed by atoms with Gasteiger partial charge in [0.1, 0.15) is 30.0 Å². The number of hydrogen-bond acceptors (Lipinski definition) is 10. The van der Waals surface area contributed by atoms with Crippen molar-refractivity contribution in [2.24, 2.45) is 0 Å². The van der Waals surface area contributed by atoms with Gasteiger partial charge in [-0.25, -0.2) is 9.97 Å². The van der Waals surface area contributed by atoms with Gasteiger partial charge >= 0.3 is 0 Å². The van der Waals surface area contributed by atoms with E-state index in [4.69, 9.17) is 24.0 Å². The van der Waals surface area contributed by atoms with Crippen LogP contribution in [0.2, 0.25) is 0 Å². The Morgan fingerprint density at radius 1 is 1.16 bits per heavy atom. The summed E-state index contributed by atoms with van der Waals surface area (Å²) in [4.78, 5) is 12.2. The predicted octanol–water partition coefficient (Wildman–Crippen LogP) is 3.21. The Bertz CT molecular complexity index is 1200. The summed E-state index contributed by atoms with van der Waals surface area (Å²) in [5.41, 5.74) is 4.18. The van der Waals surface area contributed by atoms with Crippen molar-refractivity contribution in [1.29, 1.82) is 0 Å². The van der Waals surface area contributed by atoms with Crippen molar-refractivity contribution in [3.63, 3.8) is 0 Å². The Labute approximate surface area is 224 Å². The minimum absolute atomic E-state index is 0.0269. The fourth-order valence-electron chi connectivity index (χ4n) is 4.88. The normalized spacial score (nSPS) is 16.0. The summed E-state index contributed by atoms with van der Waals surface area (Å²) in [6, 6.07) is 7.63. The van der Waals surface area contributed by atoms with Crippen LogP contribution in [0.3, 0.4) is 0 Å². The molecular weight excluding hydrogens is 484 g/mol. The van der Waals surface area contributed by atoms with Gasteiger partial charge in [0.25, 0.3) is 0 Å². The summed E-state index contributed by atoms with van der Waals surface area (Å²) >= 11 is 0. The van der Waals surface area contributed by atoms with E-state index in [0.717, 1.165) is 66.5 Å². The molecule has 0 aliphatic carbocycles. The quantitative estimate of drug-likeness (QED) is 0.345. The van der Waals surface area contributed by atoms with E-state index < -0.39 is 6.10 Å². The topological polar surface area (TPSA) is 118 Å². The van der Waals surface area contributed by atoms with Gasteiger partial charge in [-0.1, -0.05) is 17.3 Å². The number of aryl methyl sites for hydroxylation is 2. The molecule has 3 aromatic rings. The molecule has 1 fully saturated rings. The lowest BCUT2D eigenvalue weighted by atomic mass is 9.88. The largest absolute Gasteiger partial charge is 0.491 e. The number of hydrogen-bond donors (Lipinski definition) is 3. The van der Waals surface area contributed by atoms with Gasteiger partial charge in [0.2, 0.25) is 0 Å². The molecule has 0 radical (unpaired) electrons. The number of aliphatic hydroxyl groups excluding tert-OH is 1. The third-order valence-corrected chi connectivity index (χ3v) is 7.35. The summed E-state index contributed by atoms with van der Waals surface area (Å²) < 4.78 is 17.0. The fraction of sp³-hybridized carbons (Fsp3) is 0.536. The summed E-state index contributed by atoms with van der Waals surface area (Å²) in [7, 11) is 6.04. The van der Waals surface area contributed by atoms with E-state index in [0.29, 0.717) is 23.9 Å². The second kappa shape index (κ2) is 12.2. The van der Waals surface area contributed by atoms with Crippen LogP contribution in [-0.2, 0) is 4.74 Å². The first-order chi connectivity index (χ1) is 18.2. The Morgan fingerprint density at radius 3 is 2.58 bits per heavy atom. The second-order valence-corrected chi connectivity index (χ2v) is 10.2. The maximum Gasteiger partial charge on any atom is 0.162 e. The van der Waals surface area contributed by atoms with Gasteiger partial charge in [-0.2, -0.15) is 0 Å². The third kappa shape index (κ3) is 6.15. The van der Waals surface area contributed by atoms with E-state index in [2.05, 4.69) is 34.8 Å². The monoisotopic (exact) mass is 524 g/mol. The lowest BCUT2D eigenvalue weighted by Gasteiger charge is -2.43. The lowest BCUT2D eigenvalue weighted by Crippen LogP contribution is -2.53. The number of nitrogens with zero attached hydrogens (tertiary/aromatic N) is 4. The molecule has 0 spiro atoms. The van der Waals surface area contributed by atoms with Crippen LogP contribution in [0.1, 0.15) is 29.9 Å². The average molecular weight is 525 g/mol. The van der Waals surface area contributed by atoms with Crippen molar-refractivity contribution < 1.29 is 19.1 Å². The zero-order valence-corrected chi connectivity index (χ0v) is 23.3. The molecular formula is C28H40N6O4. The molecule has 3 N–H and O–H groups in total. The fourth-order valence-corrected chi connectivity index (χ4v) is 4.88. The number of likely N-dealkylation sites (N-methyl/N-ethyl adjacent to an activating group) is 2. The zero-order valence-electron chi connectivity index (χ0n) is 23.3. The van der Waals surface area contributed by atoms with Crippen LogP contribution in [0, 0.1) is 20.8 Å². The first-order valence-electron chi connectivity index (χ1n) is 13.1. The highest BCUT2D eigenvalue weighted by atomic mass is 16.5. The van der Waals surface area contributed by atoms with Gasteiger partial charge in [-0.15, -0.1) is 0 Å². The van der Waals surface area contributed by atoms with Crippen LogP contribution in [0.15, 0.2) is 28.8 Å². The minimum atomic E-state index is -0.601. The number of aliphatic hydroxyl groups is 1. The van der Waals surface area contributed by atoms with Crippen molar-refractivity contribution in [2.75, 3.05) is 59.4 Å². The number of aromatic nitrogens is 3. The van der Waals surface area contributed by atoms with Gasteiger partial charge < -0.3 is 34.6 Å². The molecule has 1 aliphatic heterocycles. The molecule has 1 saturated heterocycles. The molecule has 2 aromatic heterocycles. The van der Waals surface area contributed by atoms with Crippen molar-refractivity contribution >= 4 is 5.82 Å². The Balaban J connectivity index is 1.71. The third-order valence-electron chi connectivity index (χ3n) is 7.35. The average Bonchev–Trinajstić information content (AvgIpc) is 3.25. The summed E-state index contributed by atoms with van der Waals surface area (Å²) in [6.45, 7) is 8.72. The van der Waals surface area contributed by atoms with Crippen molar-refractivity contribution in [3.05, 3.63) is 41.3 Å². The van der Waals surface area contributed by atoms with Gasteiger partial charge in [0, 0.05) is 43.0 Å². The molecule has 0 bridgehead atoms. The first-order valence-corrected chi connectivity index (χ1v) is 13.1. The van der Waals surface area contributed by atoms with E-state index in [-0.39, 0.29) is 12.1 Å². The predicted molar refractivity (Wildman–Crippen MR) is 148 cm³/mol. The highest BCUT2D eigenvalue weighted by Crippen LogP contribution is 2.34. The van der Waals surface area contributed by atoms with E-state index in [1.807, 2.05) is 45.0 Å². The highest BCUT2D eigenvalue weighted by Gasteiger charge is 2.35. The standard InChI is InChI=1S/C28H40N6O4/c1-18-25(24-19(2)33-38-20(24)3)31-27(21-8-7-9-23(14-21)37-16-22(35)15-29-4)32-26(18)30-17-28(34(5)6)10-12-36-13-11-28/h7-9,14,22,29,35H,10-13,15-17H2,1-6H3,(H,30,31,32). The Morgan fingerprint density at radius 2 is 1.92 bits per heavy atom. The van der Waals surface area contributed by atoms with Crippen molar-refractivity contribution in [3.8, 4) is 28.4 Å². The summed E-state index contributed by atoms with van der Waals surface area (Å²) in [5.74, 6) is 2.70. The van der Waals surface area contributed by atoms with Crippen LogP contribution < -0.4 is 15.4 Å². The van der Waals surface area contributed by atoms with Gasteiger partial charge in [-0.05, 0) is 66.9 Å². The highest BCUT2D eigenvalue weighted by molar-refractivity contribution is 5.74. The Hall–Kier alpha value is -3.05. The maximum atomic E-state index is 10.0. The van der Waals surface area contributed by atoms with Crippen LogP contribution >= 0.6 is 0 Å².